The van der Waals surface area contributed by atoms with Gasteiger partial charge in [0.25, 0.3) is 0 Å². The topological polar surface area (TPSA) is 21.3 Å². The van der Waals surface area contributed by atoms with Crippen molar-refractivity contribution in [3.05, 3.63) is 50.1 Å². The van der Waals surface area contributed by atoms with Crippen molar-refractivity contribution in [2.24, 2.45) is 0 Å². The number of nitrogens with one attached hydrogen (secondary N) is 1. The summed E-state index contributed by atoms with van der Waals surface area (Å²) in [5.41, 5.74) is 3.37. The first kappa shape index (κ1) is 15.6. The van der Waals surface area contributed by atoms with Gasteiger partial charge in [-0.05, 0) is 31.0 Å². The van der Waals surface area contributed by atoms with Crippen LogP contribution in [0.5, 0.6) is 0 Å². The molecule has 1 aromatic carbocycles. The summed E-state index contributed by atoms with van der Waals surface area (Å²) in [5.74, 6) is 0. The quantitative estimate of drug-likeness (QED) is 0.764. The lowest BCUT2D eigenvalue weighted by Crippen LogP contribution is -2.09. The molecular formula is C15H17Cl2NOS. The predicted octanol–water partition coefficient (Wildman–Crippen LogP) is 5.42. The third-order valence-corrected chi connectivity index (χ3v) is 4.63. The van der Waals surface area contributed by atoms with Crippen LogP contribution in [0.3, 0.4) is 0 Å². The first-order chi connectivity index (χ1) is 9.61. The molecular weight excluding hydrogens is 313 g/mol. The van der Waals surface area contributed by atoms with Crippen LogP contribution in [0.15, 0.2) is 30.3 Å². The van der Waals surface area contributed by atoms with E-state index in [-0.39, 0.29) is 6.04 Å². The monoisotopic (exact) mass is 329 g/mol. The molecule has 1 aromatic heterocycles. The fourth-order valence-corrected chi connectivity index (χ4v) is 3.70. The van der Waals surface area contributed by atoms with Crippen LogP contribution < -0.4 is 5.32 Å². The van der Waals surface area contributed by atoms with Crippen LogP contribution in [0.4, 0.5) is 5.69 Å². The molecule has 1 atom stereocenters. The van der Waals surface area contributed by atoms with Crippen molar-refractivity contribution in [2.75, 3.05) is 19.0 Å². The molecule has 0 bridgehead atoms. The lowest BCUT2D eigenvalue weighted by atomic mass is 10.1. The average molecular weight is 330 g/mol. The van der Waals surface area contributed by atoms with Crippen LogP contribution in [0.25, 0.3) is 0 Å². The number of methoxy groups -OCH3 is 1. The van der Waals surface area contributed by atoms with E-state index in [9.17, 15) is 0 Å². The Kier molecular flexibility index (Phi) is 5.73. The van der Waals surface area contributed by atoms with Gasteiger partial charge in [-0.15, -0.1) is 11.3 Å². The molecule has 0 saturated heterocycles. The summed E-state index contributed by atoms with van der Waals surface area (Å²) in [6, 6.07) is 10.3. The molecule has 0 spiro atoms. The molecule has 5 heteroatoms. The molecule has 1 heterocycles. The number of ether oxygens (including phenoxy) is 1. The number of hydrogen-bond acceptors (Lipinski definition) is 3. The Morgan fingerprint density at radius 3 is 2.70 bits per heavy atom. The molecule has 0 aliphatic carbocycles. The minimum atomic E-state index is 0.106. The highest BCUT2D eigenvalue weighted by molar-refractivity contribution is 7.20. The standard InChI is InChI=1S/C15H17Cl2NOS/c1-10(12-9-14(16)20-15(12)17)18-13-6-4-3-5-11(13)7-8-19-2/h3-6,9-10,18H,7-8H2,1-2H3. The van der Waals surface area contributed by atoms with Crippen LogP contribution in [0, 0.1) is 0 Å². The van der Waals surface area contributed by atoms with Gasteiger partial charge in [-0.25, -0.2) is 0 Å². The average Bonchev–Trinajstić information content (AvgIpc) is 2.77. The third-order valence-electron chi connectivity index (χ3n) is 3.11. The molecule has 1 unspecified atom stereocenters. The summed E-state index contributed by atoms with van der Waals surface area (Å²) in [4.78, 5) is 0. The zero-order valence-electron chi connectivity index (χ0n) is 11.5. The normalized spacial score (nSPS) is 12.4. The maximum Gasteiger partial charge on any atom is 0.0996 e. The fraction of sp³-hybridized carbons (Fsp3) is 0.333. The number of para-hydroxylation sites is 1. The maximum atomic E-state index is 6.20. The number of thiophene rings is 1. The van der Waals surface area contributed by atoms with E-state index in [4.69, 9.17) is 27.9 Å². The van der Waals surface area contributed by atoms with Crippen molar-refractivity contribution in [1.29, 1.82) is 0 Å². The SMILES string of the molecule is COCCc1ccccc1NC(C)c1cc(Cl)sc1Cl. The number of benzene rings is 1. The summed E-state index contributed by atoms with van der Waals surface area (Å²) in [6.07, 6.45) is 0.879. The van der Waals surface area contributed by atoms with E-state index in [1.807, 2.05) is 18.2 Å². The molecule has 0 amide bonds. The fourth-order valence-electron chi connectivity index (χ4n) is 2.05. The summed E-state index contributed by atoms with van der Waals surface area (Å²) >= 11 is 13.6. The van der Waals surface area contributed by atoms with E-state index in [2.05, 4.69) is 24.4 Å². The summed E-state index contributed by atoms with van der Waals surface area (Å²) in [5, 5.41) is 3.50. The van der Waals surface area contributed by atoms with Crippen LogP contribution in [-0.4, -0.2) is 13.7 Å². The second-order valence-corrected chi connectivity index (χ2v) is 6.83. The Bertz CT molecular complexity index is 571. The molecule has 0 fully saturated rings. The van der Waals surface area contributed by atoms with Gasteiger partial charge in [-0.3, -0.25) is 0 Å². The molecule has 0 aliphatic rings. The van der Waals surface area contributed by atoms with Gasteiger partial charge in [-0.1, -0.05) is 41.4 Å². The molecule has 1 N–H and O–H groups in total. The van der Waals surface area contributed by atoms with E-state index in [1.54, 1.807) is 7.11 Å². The van der Waals surface area contributed by atoms with Crippen LogP contribution in [0.1, 0.15) is 24.1 Å². The van der Waals surface area contributed by atoms with Gasteiger partial charge in [0.1, 0.15) is 0 Å². The van der Waals surface area contributed by atoms with Crippen molar-refractivity contribution < 1.29 is 4.74 Å². The largest absolute Gasteiger partial charge is 0.384 e. The number of anilines is 1. The van der Waals surface area contributed by atoms with E-state index in [1.165, 1.54) is 16.9 Å². The van der Waals surface area contributed by atoms with Crippen molar-refractivity contribution in [3.8, 4) is 0 Å². The molecule has 0 aliphatic heterocycles. The van der Waals surface area contributed by atoms with Gasteiger partial charge < -0.3 is 10.1 Å². The minimum absolute atomic E-state index is 0.106. The maximum absolute atomic E-state index is 6.20. The number of rotatable bonds is 6. The Hall–Kier alpha value is -0.740. The first-order valence-electron chi connectivity index (χ1n) is 6.40. The summed E-state index contributed by atoms with van der Waals surface area (Å²) in [6.45, 7) is 2.79. The highest BCUT2D eigenvalue weighted by Gasteiger charge is 2.14. The summed E-state index contributed by atoms with van der Waals surface area (Å²) < 4.78 is 6.60. The Balaban J connectivity index is 2.15. The lowest BCUT2D eigenvalue weighted by Gasteiger charge is -2.18. The number of hydrogen-bond donors (Lipinski definition) is 1. The van der Waals surface area contributed by atoms with Gasteiger partial charge in [0, 0.05) is 18.4 Å². The van der Waals surface area contributed by atoms with Gasteiger partial charge in [-0.2, -0.15) is 0 Å². The smallest absolute Gasteiger partial charge is 0.0996 e. The van der Waals surface area contributed by atoms with E-state index in [0.29, 0.717) is 10.9 Å². The van der Waals surface area contributed by atoms with Crippen molar-refractivity contribution in [1.82, 2.24) is 0 Å². The third kappa shape index (κ3) is 3.89. The zero-order chi connectivity index (χ0) is 14.5. The molecule has 2 rings (SSSR count). The van der Waals surface area contributed by atoms with Crippen LogP contribution >= 0.6 is 34.5 Å². The van der Waals surface area contributed by atoms with E-state index in [0.717, 1.165) is 22.0 Å². The van der Waals surface area contributed by atoms with Gasteiger partial charge >= 0.3 is 0 Å². The Labute approximate surface area is 133 Å². The van der Waals surface area contributed by atoms with Crippen LogP contribution in [0.2, 0.25) is 8.67 Å². The van der Waals surface area contributed by atoms with E-state index >= 15 is 0 Å². The Morgan fingerprint density at radius 1 is 1.30 bits per heavy atom. The highest BCUT2D eigenvalue weighted by atomic mass is 35.5. The molecule has 0 radical (unpaired) electrons. The Morgan fingerprint density at radius 2 is 2.05 bits per heavy atom. The first-order valence-corrected chi connectivity index (χ1v) is 7.97. The molecule has 108 valence electrons. The second-order valence-electron chi connectivity index (χ2n) is 4.55. The van der Waals surface area contributed by atoms with Crippen molar-refractivity contribution in [3.63, 3.8) is 0 Å². The molecule has 2 nitrogen and oxygen atoms in total. The number of halogens is 2. The van der Waals surface area contributed by atoms with Crippen molar-refractivity contribution in [2.45, 2.75) is 19.4 Å². The second kappa shape index (κ2) is 7.32. The minimum Gasteiger partial charge on any atom is -0.384 e. The predicted molar refractivity (Wildman–Crippen MR) is 88.4 cm³/mol. The van der Waals surface area contributed by atoms with Crippen molar-refractivity contribution >= 4 is 40.2 Å². The summed E-state index contributed by atoms with van der Waals surface area (Å²) in [7, 11) is 1.71. The lowest BCUT2D eigenvalue weighted by molar-refractivity contribution is 0.202. The molecule has 2 aromatic rings. The highest BCUT2D eigenvalue weighted by Crippen LogP contribution is 2.36. The zero-order valence-corrected chi connectivity index (χ0v) is 13.8. The van der Waals surface area contributed by atoms with Gasteiger partial charge in [0.15, 0.2) is 0 Å². The van der Waals surface area contributed by atoms with Gasteiger partial charge in [0.05, 0.1) is 21.3 Å². The van der Waals surface area contributed by atoms with Crippen LogP contribution in [-0.2, 0) is 11.2 Å². The molecule has 0 saturated carbocycles. The van der Waals surface area contributed by atoms with Gasteiger partial charge in [0.2, 0.25) is 0 Å². The van der Waals surface area contributed by atoms with E-state index < -0.39 is 0 Å². The molecule has 20 heavy (non-hydrogen) atoms.